The molecule has 0 heterocycles. The van der Waals surface area contributed by atoms with Crippen molar-refractivity contribution in [2.24, 2.45) is 0 Å². The second kappa shape index (κ2) is 7.66. The van der Waals surface area contributed by atoms with E-state index in [2.05, 4.69) is 60.5 Å². The lowest BCUT2D eigenvalue weighted by molar-refractivity contribution is 0.524. The lowest BCUT2D eigenvalue weighted by Crippen LogP contribution is -2.08. The van der Waals surface area contributed by atoms with Crippen LogP contribution in [0.3, 0.4) is 0 Å². The number of nitrogens with zero attached hydrogens (tertiary/aromatic N) is 1. The number of para-hydroxylation sites is 2. The largest absolute Gasteiger partial charge is 0.348 e. The van der Waals surface area contributed by atoms with Crippen LogP contribution in [-0.2, 0) is 4.57 Å². The summed E-state index contributed by atoms with van der Waals surface area (Å²) in [6, 6.07) is 20.7. The van der Waals surface area contributed by atoms with E-state index in [4.69, 9.17) is 9.46 Å². The van der Waals surface area contributed by atoms with Gasteiger partial charge in [-0.3, -0.25) is 4.57 Å². The Morgan fingerprint density at radius 1 is 0.882 bits per heavy atom. The molecule has 2 aromatic carbocycles. The Kier molecular flexibility index (Phi) is 6.08. The quantitative estimate of drug-likeness (QED) is 0.831. The van der Waals surface area contributed by atoms with Crippen LogP contribution in [0.5, 0.6) is 0 Å². The van der Waals surface area contributed by atoms with Crippen LogP contribution in [0.25, 0.3) is 0 Å². The Balaban J connectivity index is 0.000000437. The van der Waals surface area contributed by atoms with Crippen LogP contribution >= 0.6 is 8.69 Å². The predicted octanol–water partition coefficient (Wildman–Crippen LogP) is 3.10. The molecule has 0 saturated heterocycles. The molecule has 0 bridgehead atoms. The lowest BCUT2D eigenvalue weighted by Gasteiger charge is -2.18. The van der Waals surface area contributed by atoms with E-state index in [0.29, 0.717) is 0 Å². The van der Waals surface area contributed by atoms with E-state index >= 15 is 0 Å². The summed E-state index contributed by atoms with van der Waals surface area (Å²) in [5.41, 5.74) is 2.41. The first-order valence-electron chi connectivity index (χ1n) is 5.21. The summed E-state index contributed by atoms with van der Waals surface area (Å²) in [4.78, 5) is 9.26. The smallest absolute Gasteiger partial charge is 0.177 e. The number of hydrogen-bond acceptors (Lipinski definition) is 2. The molecule has 0 amide bonds. The minimum absolute atomic E-state index is 1.21. The van der Waals surface area contributed by atoms with E-state index in [1.165, 1.54) is 11.4 Å². The summed E-state index contributed by atoms with van der Waals surface area (Å²) in [5.74, 6) is 0. The van der Waals surface area contributed by atoms with Crippen LogP contribution in [0.2, 0.25) is 0 Å². The normalized spacial score (nSPS) is 9.76. The van der Waals surface area contributed by atoms with Gasteiger partial charge < -0.3 is 9.79 Å². The molecule has 0 saturated carbocycles. The van der Waals surface area contributed by atoms with E-state index in [1.807, 2.05) is 12.1 Å². The molecule has 0 radical (unpaired) electrons. The summed E-state index contributed by atoms with van der Waals surface area (Å²) in [6.45, 7) is 0. The third kappa shape index (κ3) is 4.43. The van der Waals surface area contributed by atoms with Gasteiger partial charge in [0.1, 0.15) is 0 Å². The number of benzene rings is 2. The first-order valence-corrected chi connectivity index (χ1v) is 6.20. The van der Waals surface area contributed by atoms with Gasteiger partial charge in [-0.05, 0) is 24.3 Å². The lowest BCUT2D eigenvalue weighted by atomic mass is 10.2. The van der Waals surface area contributed by atoms with Gasteiger partial charge in [-0.1, -0.05) is 36.4 Å². The molecule has 2 rings (SSSR count). The van der Waals surface area contributed by atoms with Gasteiger partial charge in [0, 0.05) is 18.4 Å². The van der Waals surface area contributed by atoms with E-state index in [1.54, 1.807) is 0 Å². The summed E-state index contributed by atoms with van der Waals surface area (Å²) in [7, 11) is 0.574. The fourth-order valence-corrected chi connectivity index (χ4v) is 1.45. The monoisotopic (exact) mass is 249 g/mol. The first kappa shape index (κ1) is 13.5. The predicted molar refractivity (Wildman–Crippen MR) is 73.6 cm³/mol. The summed E-state index contributed by atoms with van der Waals surface area (Å²) >= 11 is 0. The molecule has 0 spiro atoms. The van der Waals surface area contributed by atoms with Gasteiger partial charge in [0.25, 0.3) is 0 Å². The van der Waals surface area contributed by atoms with Crippen LogP contribution < -0.4 is 4.90 Å². The van der Waals surface area contributed by atoms with Gasteiger partial charge >= 0.3 is 0 Å². The van der Waals surface area contributed by atoms with Crippen molar-refractivity contribution in [2.45, 2.75) is 0 Å². The third-order valence-electron chi connectivity index (χ3n) is 2.29. The van der Waals surface area contributed by atoms with Crippen LogP contribution in [-0.4, -0.2) is 11.9 Å². The van der Waals surface area contributed by atoms with Crippen molar-refractivity contribution in [3.63, 3.8) is 0 Å². The highest BCUT2D eigenvalue weighted by Gasteiger charge is 2.00. The maximum atomic E-state index is 8.57. The molecule has 3 nitrogen and oxygen atoms in total. The molecule has 1 unspecified atom stereocenters. The molecule has 0 fully saturated rings. The molecule has 1 N–H and O–H groups in total. The zero-order valence-electron chi connectivity index (χ0n) is 9.65. The third-order valence-corrected chi connectivity index (χ3v) is 2.29. The summed E-state index contributed by atoms with van der Waals surface area (Å²) in [6.07, 6.45) is 0. The average Bonchev–Trinajstić information content (AvgIpc) is 2.41. The molecule has 0 aliphatic rings. The number of rotatable bonds is 2. The molecular weight excluding hydrogens is 233 g/mol. The SMILES string of the molecule is CN(c1ccccc1)c1ccccc1.O=[PH2]O. The first-order chi connectivity index (χ1) is 8.29. The summed E-state index contributed by atoms with van der Waals surface area (Å²) in [5, 5.41) is 0. The van der Waals surface area contributed by atoms with Crippen LogP contribution in [0.4, 0.5) is 11.4 Å². The Morgan fingerprint density at radius 2 is 1.18 bits per heavy atom. The molecule has 4 heteroatoms. The topological polar surface area (TPSA) is 40.5 Å². The molecule has 90 valence electrons. The van der Waals surface area contributed by atoms with Crippen molar-refractivity contribution in [1.82, 2.24) is 0 Å². The highest BCUT2D eigenvalue weighted by molar-refractivity contribution is 7.16. The van der Waals surface area contributed by atoms with E-state index < -0.39 is 8.69 Å². The van der Waals surface area contributed by atoms with Crippen molar-refractivity contribution < 1.29 is 9.46 Å². The van der Waals surface area contributed by atoms with Gasteiger partial charge in [0.15, 0.2) is 8.69 Å². The molecule has 0 aliphatic carbocycles. The van der Waals surface area contributed by atoms with E-state index in [9.17, 15) is 0 Å². The average molecular weight is 249 g/mol. The van der Waals surface area contributed by atoms with Crippen LogP contribution in [0.15, 0.2) is 60.7 Å². The fraction of sp³-hybridized carbons (Fsp3) is 0.0769. The Morgan fingerprint density at radius 3 is 1.47 bits per heavy atom. The van der Waals surface area contributed by atoms with Gasteiger partial charge in [0.05, 0.1) is 0 Å². The molecular formula is C13H16NO2P. The highest BCUT2D eigenvalue weighted by atomic mass is 31.1. The Labute approximate surface area is 103 Å². The second-order valence-electron chi connectivity index (χ2n) is 3.34. The minimum Gasteiger partial charge on any atom is -0.348 e. The van der Waals surface area contributed by atoms with Crippen LogP contribution in [0.1, 0.15) is 0 Å². The molecule has 0 aromatic heterocycles. The maximum absolute atomic E-state index is 8.57. The standard InChI is InChI=1S/C13H13N.H3O2P/c1-14(12-8-4-2-5-9-12)13-10-6-3-7-11-13;1-3-2/h2-11H,1H3;3H2,(H,1,2). The van der Waals surface area contributed by atoms with Crippen molar-refractivity contribution in [2.75, 3.05) is 11.9 Å². The van der Waals surface area contributed by atoms with Crippen molar-refractivity contribution in [1.29, 1.82) is 0 Å². The Bertz CT molecular complexity index is 394. The minimum atomic E-state index is -1.50. The van der Waals surface area contributed by atoms with Crippen molar-refractivity contribution >= 4 is 20.1 Å². The zero-order chi connectivity index (χ0) is 12.5. The molecule has 17 heavy (non-hydrogen) atoms. The second-order valence-corrected chi connectivity index (χ2v) is 3.55. The van der Waals surface area contributed by atoms with Gasteiger partial charge in [-0.2, -0.15) is 0 Å². The number of hydrogen-bond donors (Lipinski definition) is 1. The maximum Gasteiger partial charge on any atom is 0.177 e. The van der Waals surface area contributed by atoms with Gasteiger partial charge in [-0.15, -0.1) is 0 Å². The van der Waals surface area contributed by atoms with Crippen molar-refractivity contribution in [3.05, 3.63) is 60.7 Å². The summed E-state index contributed by atoms with van der Waals surface area (Å²) < 4.78 is 8.57. The van der Waals surface area contributed by atoms with E-state index in [-0.39, 0.29) is 0 Å². The fourth-order valence-electron chi connectivity index (χ4n) is 1.45. The zero-order valence-corrected chi connectivity index (χ0v) is 10.8. The molecule has 0 aliphatic heterocycles. The van der Waals surface area contributed by atoms with Gasteiger partial charge in [-0.25, -0.2) is 0 Å². The highest BCUT2D eigenvalue weighted by Crippen LogP contribution is 2.21. The molecule has 1 atom stereocenters. The van der Waals surface area contributed by atoms with Gasteiger partial charge in [0.2, 0.25) is 0 Å². The van der Waals surface area contributed by atoms with Crippen molar-refractivity contribution in [3.8, 4) is 0 Å². The Hall–Kier alpha value is -1.57. The van der Waals surface area contributed by atoms with Crippen LogP contribution in [0, 0.1) is 0 Å². The molecule has 2 aromatic rings. The number of anilines is 2. The van der Waals surface area contributed by atoms with E-state index in [0.717, 1.165) is 0 Å².